The second kappa shape index (κ2) is 4.52. The minimum Gasteiger partial charge on any atom is -0.465 e. The number of anilines is 2. The van der Waals surface area contributed by atoms with Crippen molar-refractivity contribution in [3.8, 4) is 0 Å². The molecule has 0 aliphatic rings. The standard InChI is InChI=1S/C13H15N3O2/c1-16(2)8-4-5-11-9(6-8)12(14)10(7-15-11)13(17)18-3/h4-7H,1-3H3,(H2,14,15). The predicted molar refractivity (Wildman–Crippen MR) is 71.8 cm³/mol. The van der Waals surface area contributed by atoms with Gasteiger partial charge in [0.1, 0.15) is 5.56 Å². The molecule has 0 aliphatic heterocycles. The fourth-order valence-corrected chi connectivity index (χ4v) is 1.75. The number of rotatable bonds is 2. The predicted octanol–water partition coefficient (Wildman–Crippen LogP) is 1.67. The second-order valence-electron chi connectivity index (χ2n) is 4.17. The molecule has 1 heterocycles. The number of nitrogen functional groups attached to an aromatic ring is 1. The third-order valence-corrected chi connectivity index (χ3v) is 2.81. The quantitative estimate of drug-likeness (QED) is 0.815. The number of aromatic nitrogens is 1. The maximum Gasteiger partial charge on any atom is 0.341 e. The molecule has 0 unspecified atom stereocenters. The lowest BCUT2D eigenvalue weighted by atomic mass is 10.1. The summed E-state index contributed by atoms with van der Waals surface area (Å²) in [5.74, 6) is -0.475. The van der Waals surface area contributed by atoms with Crippen molar-refractivity contribution >= 4 is 28.2 Å². The topological polar surface area (TPSA) is 68.5 Å². The van der Waals surface area contributed by atoms with Gasteiger partial charge in [-0.3, -0.25) is 4.98 Å². The number of hydrogen-bond acceptors (Lipinski definition) is 5. The first kappa shape index (κ1) is 12.2. The van der Waals surface area contributed by atoms with Crippen molar-refractivity contribution < 1.29 is 9.53 Å². The van der Waals surface area contributed by atoms with Crippen LogP contribution in [0.15, 0.2) is 24.4 Å². The lowest BCUT2D eigenvalue weighted by molar-refractivity contribution is 0.0601. The molecule has 5 heteroatoms. The zero-order valence-corrected chi connectivity index (χ0v) is 10.6. The molecular weight excluding hydrogens is 230 g/mol. The van der Waals surface area contributed by atoms with Gasteiger partial charge in [0, 0.05) is 31.4 Å². The summed E-state index contributed by atoms with van der Waals surface area (Å²) in [6.45, 7) is 0. The molecule has 0 bridgehead atoms. The Morgan fingerprint density at radius 3 is 2.72 bits per heavy atom. The maximum atomic E-state index is 11.5. The van der Waals surface area contributed by atoms with Gasteiger partial charge in [-0.1, -0.05) is 0 Å². The Balaban J connectivity index is 2.67. The van der Waals surface area contributed by atoms with Crippen molar-refractivity contribution in [2.45, 2.75) is 0 Å². The molecule has 1 aromatic heterocycles. The summed E-state index contributed by atoms with van der Waals surface area (Å²) in [5, 5.41) is 0.754. The molecule has 0 atom stereocenters. The van der Waals surface area contributed by atoms with Crippen LogP contribution >= 0.6 is 0 Å². The van der Waals surface area contributed by atoms with Gasteiger partial charge in [0.2, 0.25) is 0 Å². The zero-order valence-electron chi connectivity index (χ0n) is 10.6. The Bertz CT molecular complexity index is 608. The number of esters is 1. The number of methoxy groups -OCH3 is 1. The van der Waals surface area contributed by atoms with Crippen LogP contribution in [0.1, 0.15) is 10.4 Å². The molecule has 0 saturated heterocycles. The summed E-state index contributed by atoms with van der Waals surface area (Å²) in [4.78, 5) is 17.7. The molecular formula is C13H15N3O2. The normalized spacial score (nSPS) is 10.4. The van der Waals surface area contributed by atoms with Crippen LogP contribution in [-0.2, 0) is 4.74 Å². The lowest BCUT2D eigenvalue weighted by Gasteiger charge is -2.14. The number of carbonyl (C=O) groups excluding carboxylic acids is 1. The van der Waals surface area contributed by atoms with E-state index in [2.05, 4.69) is 9.72 Å². The van der Waals surface area contributed by atoms with Crippen molar-refractivity contribution in [3.05, 3.63) is 30.0 Å². The van der Waals surface area contributed by atoms with E-state index in [4.69, 9.17) is 5.73 Å². The molecule has 0 fully saturated rings. The van der Waals surface area contributed by atoms with Gasteiger partial charge in [-0.05, 0) is 18.2 Å². The van der Waals surface area contributed by atoms with E-state index in [0.717, 1.165) is 16.6 Å². The average Bonchev–Trinajstić information content (AvgIpc) is 2.38. The van der Waals surface area contributed by atoms with Crippen LogP contribution in [0.4, 0.5) is 11.4 Å². The van der Waals surface area contributed by atoms with Crippen LogP contribution in [-0.4, -0.2) is 32.2 Å². The Morgan fingerprint density at radius 1 is 1.39 bits per heavy atom. The highest BCUT2D eigenvalue weighted by atomic mass is 16.5. The van der Waals surface area contributed by atoms with Gasteiger partial charge in [0.15, 0.2) is 0 Å². The van der Waals surface area contributed by atoms with E-state index in [9.17, 15) is 4.79 Å². The highest BCUT2D eigenvalue weighted by molar-refractivity contribution is 6.04. The van der Waals surface area contributed by atoms with Gasteiger partial charge < -0.3 is 15.4 Å². The molecule has 0 saturated carbocycles. The molecule has 2 aromatic rings. The number of hydrogen-bond donors (Lipinski definition) is 1. The maximum absolute atomic E-state index is 11.5. The molecule has 1 aromatic carbocycles. The number of nitrogens with two attached hydrogens (primary N) is 1. The Labute approximate surface area is 105 Å². The van der Waals surface area contributed by atoms with E-state index >= 15 is 0 Å². The van der Waals surface area contributed by atoms with Crippen molar-refractivity contribution in [1.82, 2.24) is 4.98 Å². The Kier molecular flexibility index (Phi) is 3.06. The molecule has 0 amide bonds. The third kappa shape index (κ3) is 1.95. The van der Waals surface area contributed by atoms with Crippen LogP contribution in [0.3, 0.4) is 0 Å². The third-order valence-electron chi connectivity index (χ3n) is 2.81. The highest BCUT2D eigenvalue weighted by Crippen LogP contribution is 2.27. The molecule has 0 radical (unpaired) electrons. The van der Waals surface area contributed by atoms with Gasteiger partial charge in [-0.25, -0.2) is 4.79 Å². The highest BCUT2D eigenvalue weighted by Gasteiger charge is 2.13. The van der Waals surface area contributed by atoms with Gasteiger partial charge in [0.25, 0.3) is 0 Å². The fraction of sp³-hybridized carbons (Fsp3) is 0.231. The summed E-state index contributed by atoms with van der Waals surface area (Å²) < 4.78 is 4.67. The number of pyridine rings is 1. The number of carbonyl (C=O) groups is 1. The van der Waals surface area contributed by atoms with Crippen molar-refractivity contribution in [1.29, 1.82) is 0 Å². The molecule has 2 rings (SSSR count). The second-order valence-corrected chi connectivity index (χ2v) is 4.17. The zero-order chi connectivity index (χ0) is 13.3. The Morgan fingerprint density at radius 2 is 2.11 bits per heavy atom. The lowest BCUT2D eigenvalue weighted by Crippen LogP contribution is -2.10. The monoisotopic (exact) mass is 245 g/mol. The number of benzene rings is 1. The molecule has 0 spiro atoms. The van der Waals surface area contributed by atoms with Crippen LogP contribution in [0, 0.1) is 0 Å². The first-order valence-electron chi connectivity index (χ1n) is 5.48. The summed E-state index contributed by atoms with van der Waals surface area (Å²) in [6.07, 6.45) is 1.44. The molecule has 5 nitrogen and oxygen atoms in total. The van der Waals surface area contributed by atoms with Crippen LogP contribution in [0.5, 0.6) is 0 Å². The van der Waals surface area contributed by atoms with E-state index in [1.165, 1.54) is 13.3 Å². The summed E-state index contributed by atoms with van der Waals surface area (Å²) in [6, 6.07) is 5.73. The van der Waals surface area contributed by atoms with E-state index < -0.39 is 5.97 Å². The van der Waals surface area contributed by atoms with Gasteiger partial charge in [0.05, 0.1) is 18.3 Å². The smallest absolute Gasteiger partial charge is 0.341 e. The minimum atomic E-state index is -0.475. The Hall–Kier alpha value is -2.30. The van der Waals surface area contributed by atoms with Crippen molar-refractivity contribution in [3.63, 3.8) is 0 Å². The van der Waals surface area contributed by atoms with Gasteiger partial charge in [-0.15, -0.1) is 0 Å². The fourth-order valence-electron chi connectivity index (χ4n) is 1.75. The first-order chi connectivity index (χ1) is 8.54. The summed E-state index contributed by atoms with van der Waals surface area (Å²) >= 11 is 0. The minimum absolute atomic E-state index is 0.293. The summed E-state index contributed by atoms with van der Waals surface area (Å²) in [5.41, 5.74) is 8.45. The van der Waals surface area contributed by atoms with E-state index in [0.29, 0.717) is 11.3 Å². The number of fused-ring (bicyclic) bond motifs is 1. The largest absolute Gasteiger partial charge is 0.465 e. The average molecular weight is 245 g/mol. The number of nitrogens with zero attached hydrogens (tertiary/aromatic N) is 2. The number of ether oxygens (including phenoxy) is 1. The van der Waals surface area contributed by atoms with Crippen molar-refractivity contribution in [2.24, 2.45) is 0 Å². The van der Waals surface area contributed by atoms with Crippen molar-refractivity contribution in [2.75, 3.05) is 31.8 Å². The SMILES string of the molecule is COC(=O)c1cnc2ccc(N(C)C)cc2c1N. The molecule has 2 N–H and O–H groups in total. The first-order valence-corrected chi connectivity index (χ1v) is 5.48. The van der Waals surface area contributed by atoms with Crippen LogP contribution in [0.25, 0.3) is 10.9 Å². The van der Waals surface area contributed by atoms with Crippen LogP contribution < -0.4 is 10.6 Å². The van der Waals surface area contributed by atoms with Gasteiger partial charge >= 0.3 is 5.97 Å². The van der Waals surface area contributed by atoms with Gasteiger partial charge in [-0.2, -0.15) is 0 Å². The molecule has 94 valence electrons. The van der Waals surface area contributed by atoms with Crippen LogP contribution in [0.2, 0.25) is 0 Å². The van der Waals surface area contributed by atoms with E-state index in [1.807, 2.05) is 37.2 Å². The summed E-state index contributed by atoms with van der Waals surface area (Å²) in [7, 11) is 5.20. The van der Waals surface area contributed by atoms with E-state index in [-0.39, 0.29) is 0 Å². The molecule has 18 heavy (non-hydrogen) atoms. The van der Waals surface area contributed by atoms with E-state index in [1.54, 1.807) is 0 Å². The molecule has 0 aliphatic carbocycles.